The highest BCUT2D eigenvalue weighted by molar-refractivity contribution is 5.39. The quantitative estimate of drug-likeness (QED) is 0.644. The average Bonchev–Trinajstić information content (AvgIpc) is 2.12. The molecule has 0 aromatic heterocycles. The summed E-state index contributed by atoms with van der Waals surface area (Å²) in [6, 6.07) is 3.83. The molecule has 2 rings (SSSR count). The van der Waals surface area contributed by atoms with Gasteiger partial charge in [0.15, 0.2) is 0 Å². The van der Waals surface area contributed by atoms with Gasteiger partial charge in [-0.25, -0.2) is 4.39 Å². The van der Waals surface area contributed by atoms with Crippen molar-refractivity contribution in [3.63, 3.8) is 0 Å². The smallest absolute Gasteiger partial charge is 0.126 e. The van der Waals surface area contributed by atoms with Crippen LogP contribution in [-0.4, -0.2) is 6.54 Å². The molecular weight excluding hydrogens is 165 g/mol. The van der Waals surface area contributed by atoms with Crippen molar-refractivity contribution in [2.45, 2.75) is 26.3 Å². The van der Waals surface area contributed by atoms with Gasteiger partial charge in [0, 0.05) is 6.04 Å². The Labute approximate surface area is 78.0 Å². The predicted molar refractivity (Wildman–Crippen MR) is 51.3 cm³/mol. The number of hydrogen-bond acceptors (Lipinski definition) is 1. The summed E-state index contributed by atoms with van der Waals surface area (Å²) in [5.41, 5.74) is 3.28. The molecule has 0 bridgehead atoms. The lowest BCUT2D eigenvalue weighted by atomic mass is 9.91. The first-order chi connectivity index (χ1) is 6.20. The molecule has 0 radical (unpaired) electrons. The van der Waals surface area contributed by atoms with Crippen molar-refractivity contribution < 1.29 is 4.39 Å². The Morgan fingerprint density at radius 2 is 2.23 bits per heavy atom. The van der Waals surface area contributed by atoms with E-state index in [1.54, 1.807) is 6.07 Å². The van der Waals surface area contributed by atoms with Gasteiger partial charge in [0.1, 0.15) is 5.82 Å². The molecule has 1 unspecified atom stereocenters. The summed E-state index contributed by atoms with van der Waals surface area (Å²) in [7, 11) is 0. The van der Waals surface area contributed by atoms with Crippen molar-refractivity contribution >= 4 is 0 Å². The van der Waals surface area contributed by atoms with Crippen LogP contribution in [0.1, 0.15) is 29.7 Å². The van der Waals surface area contributed by atoms with Gasteiger partial charge >= 0.3 is 0 Å². The van der Waals surface area contributed by atoms with Crippen LogP contribution in [-0.2, 0) is 6.42 Å². The molecule has 1 aromatic rings. The predicted octanol–water partition coefficient (Wildman–Crippen LogP) is 2.34. The van der Waals surface area contributed by atoms with Gasteiger partial charge in [0.25, 0.3) is 0 Å². The zero-order valence-corrected chi connectivity index (χ0v) is 8.02. The molecule has 1 aliphatic rings. The van der Waals surface area contributed by atoms with Gasteiger partial charge in [-0.15, -0.1) is 0 Å². The minimum atomic E-state index is -0.0761. The summed E-state index contributed by atoms with van der Waals surface area (Å²) in [5.74, 6) is -0.0761. The van der Waals surface area contributed by atoms with Gasteiger partial charge in [0.2, 0.25) is 0 Å². The molecular formula is C11H14FN. The van der Waals surface area contributed by atoms with E-state index in [1.165, 1.54) is 11.1 Å². The van der Waals surface area contributed by atoms with E-state index in [0.29, 0.717) is 6.04 Å². The topological polar surface area (TPSA) is 12.0 Å². The molecule has 0 saturated heterocycles. The summed E-state index contributed by atoms with van der Waals surface area (Å²) in [4.78, 5) is 0. The van der Waals surface area contributed by atoms with E-state index in [9.17, 15) is 4.39 Å². The Balaban J connectivity index is 2.56. The Morgan fingerprint density at radius 3 is 3.00 bits per heavy atom. The third-order valence-corrected chi connectivity index (χ3v) is 2.86. The van der Waals surface area contributed by atoms with Gasteiger partial charge in [-0.05, 0) is 49.6 Å². The summed E-state index contributed by atoms with van der Waals surface area (Å²) in [6.45, 7) is 4.94. The summed E-state index contributed by atoms with van der Waals surface area (Å²) in [5, 5.41) is 3.36. The van der Waals surface area contributed by atoms with Crippen LogP contribution >= 0.6 is 0 Å². The highest BCUT2D eigenvalue weighted by Crippen LogP contribution is 2.26. The first-order valence-corrected chi connectivity index (χ1v) is 4.71. The summed E-state index contributed by atoms with van der Waals surface area (Å²) < 4.78 is 13.2. The third-order valence-electron chi connectivity index (χ3n) is 2.86. The van der Waals surface area contributed by atoms with Crippen LogP contribution in [0, 0.1) is 12.7 Å². The van der Waals surface area contributed by atoms with Crippen molar-refractivity contribution in [2.24, 2.45) is 0 Å². The van der Waals surface area contributed by atoms with Crippen molar-refractivity contribution in [2.75, 3.05) is 6.54 Å². The molecule has 1 aromatic carbocycles. The molecule has 0 fully saturated rings. The number of benzene rings is 1. The molecule has 2 heteroatoms. The zero-order valence-electron chi connectivity index (χ0n) is 8.02. The second-order valence-corrected chi connectivity index (χ2v) is 3.67. The van der Waals surface area contributed by atoms with Gasteiger partial charge in [-0.2, -0.15) is 0 Å². The van der Waals surface area contributed by atoms with E-state index in [1.807, 2.05) is 13.0 Å². The van der Waals surface area contributed by atoms with Gasteiger partial charge in [-0.1, -0.05) is 6.07 Å². The standard InChI is InChI=1S/C11H14FN/c1-7-9-5-6-13-8(2)10(9)3-4-11(7)12/h3-4,8,13H,5-6H2,1-2H3. The van der Waals surface area contributed by atoms with Crippen LogP contribution in [0.4, 0.5) is 4.39 Å². The van der Waals surface area contributed by atoms with E-state index >= 15 is 0 Å². The maximum Gasteiger partial charge on any atom is 0.126 e. The van der Waals surface area contributed by atoms with Crippen LogP contribution in [0.25, 0.3) is 0 Å². The van der Waals surface area contributed by atoms with Crippen LogP contribution in [0.3, 0.4) is 0 Å². The fourth-order valence-electron chi connectivity index (χ4n) is 2.01. The van der Waals surface area contributed by atoms with Gasteiger partial charge in [0.05, 0.1) is 0 Å². The Hall–Kier alpha value is -0.890. The zero-order chi connectivity index (χ0) is 9.42. The highest BCUT2D eigenvalue weighted by Gasteiger charge is 2.18. The van der Waals surface area contributed by atoms with Gasteiger partial charge < -0.3 is 5.32 Å². The van der Waals surface area contributed by atoms with Crippen molar-refractivity contribution in [3.8, 4) is 0 Å². The lowest BCUT2D eigenvalue weighted by Gasteiger charge is -2.25. The third kappa shape index (κ3) is 1.35. The molecule has 0 saturated carbocycles. The van der Waals surface area contributed by atoms with E-state index in [2.05, 4.69) is 12.2 Å². The number of nitrogens with one attached hydrogen (secondary N) is 1. The number of rotatable bonds is 0. The molecule has 13 heavy (non-hydrogen) atoms. The second-order valence-electron chi connectivity index (χ2n) is 3.67. The minimum Gasteiger partial charge on any atom is -0.310 e. The molecule has 1 heterocycles. The highest BCUT2D eigenvalue weighted by atomic mass is 19.1. The fourth-order valence-corrected chi connectivity index (χ4v) is 2.01. The number of hydrogen-bond donors (Lipinski definition) is 1. The number of halogens is 1. The van der Waals surface area contributed by atoms with Crippen LogP contribution in [0.2, 0.25) is 0 Å². The van der Waals surface area contributed by atoms with Crippen molar-refractivity contribution in [1.82, 2.24) is 5.32 Å². The maximum atomic E-state index is 13.2. The Morgan fingerprint density at radius 1 is 1.46 bits per heavy atom. The molecule has 1 aliphatic heterocycles. The normalized spacial score (nSPS) is 21.3. The monoisotopic (exact) mass is 179 g/mol. The van der Waals surface area contributed by atoms with Crippen molar-refractivity contribution in [3.05, 3.63) is 34.6 Å². The van der Waals surface area contributed by atoms with E-state index in [4.69, 9.17) is 0 Å². The summed E-state index contributed by atoms with van der Waals surface area (Å²) >= 11 is 0. The molecule has 0 spiro atoms. The van der Waals surface area contributed by atoms with Gasteiger partial charge in [-0.3, -0.25) is 0 Å². The Bertz CT molecular complexity index is 333. The summed E-state index contributed by atoms with van der Waals surface area (Å²) in [6.07, 6.45) is 0.948. The first kappa shape index (κ1) is 8.70. The first-order valence-electron chi connectivity index (χ1n) is 4.71. The fraction of sp³-hybridized carbons (Fsp3) is 0.455. The lowest BCUT2D eigenvalue weighted by Crippen LogP contribution is -2.28. The van der Waals surface area contributed by atoms with Crippen LogP contribution in [0.15, 0.2) is 12.1 Å². The Kier molecular flexibility index (Phi) is 2.08. The molecule has 1 atom stereocenters. The number of fused-ring (bicyclic) bond motifs is 1. The van der Waals surface area contributed by atoms with E-state index in [0.717, 1.165) is 18.5 Å². The van der Waals surface area contributed by atoms with Crippen molar-refractivity contribution in [1.29, 1.82) is 0 Å². The van der Waals surface area contributed by atoms with E-state index in [-0.39, 0.29) is 5.82 Å². The van der Waals surface area contributed by atoms with E-state index < -0.39 is 0 Å². The average molecular weight is 179 g/mol. The minimum absolute atomic E-state index is 0.0761. The van der Waals surface area contributed by atoms with Crippen LogP contribution in [0.5, 0.6) is 0 Å². The molecule has 1 N–H and O–H groups in total. The molecule has 0 amide bonds. The second kappa shape index (κ2) is 3.11. The maximum absolute atomic E-state index is 13.2. The molecule has 1 nitrogen and oxygen atoms in total. The largest absolute Gasteiger partial charge is 0.310 e. The lowest BCUT2D eigenvalue weighted by molar-refractivity contribution is 0.531. The molecule has 70 valence electrons. The SMILES string of the molecule is Cc1c(F)ccc2c1CCNC2C. The van der Waals surface area contributed by atoms with Crippen LogP contribution < -0.4 is 5.32 Å². The molecule has 0 aliphatic carbocycles.